The molecule has 3 heteroatoms. The number of halogens is 1. The van der Waals surface area contributed by atoms with Gasteiger partial charge in [-0.05, 0) is 47.1 Å². The Balaban J connectivity index is 3.42. The minimum Gasteiger partial charge on any atom is -0.492 e. The molecule has 86 valence electrons. The highest BCUT2D eigenvalue weighted by atomic mass is 127. The lowest BCUT2D eigenvalue weighted by Crippen LogP contribution is -2.14. The molecular formula is C13H16INO. The lowest BCUT2D eigenvalue weighted by Gasteiger charge is -2.23. The van der Waals surface area contributed by atoms with E-state index in [9.17, 15) is 0 Å². The molecule has 0 aliphatic rings. The maximum atomic E-state index is 8.98. The Kier molecular flexibility index (Phi) is 4.20. The maximum Gasteiger partial charge on any atom is 0.136 e. The number of nitrogens with zero attached hydrogens (tertiary/aromatic N) is 1. The molecule has 0 unspecified atom stereocenters. The van der Waals surface area contributed by atoms with Crippen LogP contribution in [0.4, 0.5) is 0 Å². The van der Waals surface area contributed by atoms with Gasteiger partial charge in [-0.25, -0.2) is 0 Å². The number of hydrogen-bond acceptors (Lipinski definition) is 2. The zero-order chi connectivity index (χ0) is 12.3. The molecule has 0 heterocycles. The van der Waals surface area contributed by atoms with Crippen molar-refractivity contribution in [3.63, 3.8) is 0 Å². The molecule has 1 aromatic carbocycles. The molecule has 0 amide bonds. The van der Waals surface area contributed by atoms with Crippen molar-refractivity contribution in [2.45, 2.75) is 33.1 Å². The first kappa shape index (κ1) is 13.3. The molecule has 1 rings (SSSR count). The predicted molar refractivity (Wildman–Crippen MR) is 73.7 cm³/mol. The van der Waals surface area contributed by atoms with Crippen molar-refractivity contribution in [2.24, 2.45) is 0 Å². The second kappa shape index (κ2) is 5.05. The first-order valence-corrected chi connectivity index (χ1v) is 6.35. The third kappa shape index (κ3) is 2.88. The number of hydrogen-bond donors (Lipinski definition) is 0. The fourth-order valence-corrected chi connectivity index (χ4v) is 2.29. The summed E-state index contributed by atoms with van der Waals surface area (Å²) in [6.07, 6.45) is 0. The summed E-state index contributed by atoms with van der Waals surface area (Å²) in [6, 6.07) is 5.97. The van der Waals surface area contributed by atoms with Gasteiger partial charge < -0.3 is 4.74 Å². The fraction of sp³-hybridized carbons (Fsp3) is 0.462. The molecule has 1 aromatic rings. The van der Waals surface area contributed by atoms with Crippen molar-refractivity contribution in [1.29, 1.82) is 5.26 Å². The number of rotatable bonds is 2. The molecule has 0 radical (unpaired) electrons. The minimum atomic E-state index is -0.0166. The summed E-state index contributed by atoms with van der Waals surface area (Å²) < 4.78 is 6.68. The third-order valence-corrected chi connectivity index (χ3v) is 3.07. The van der Waals surface area contributed by atoms with E-state index in [1.807, 2.05) is 19.1 Å². The van der Waals surface area contributed by atoms with Gasteiger partial charge in [-0.3, -0.25) is 0 Å². The zero-order valence-electron chi connectivity index (χ0n) is 10.1. The van der Waals surface area contributed by atoms with E-state index in [1.54, 1.807) is 0 Å². The monoisotopic (exact) mass is 329 g/mol. The maximum absolute atomic E-state index is 8.98. The molecule has 0 saturated heterocycles. The molecule has 0 aliphatic heterocycles. The van der Waals surface area contributed by atoms with Gasteiger partial charge in [0.15, 0.2) is 0 Å². The van der Waals surface area contributed by atoms with Gasteiger partial charge in [0.1, 0.15) is 5.75 Å². The average molecular weight is 329 g/mol. The van der Waals surface area contributed by atoms with Gasteiger partial charge in [0, 0.05) is 5.56 Å². The summed E-state index contributed by atoms with van der Waals surface area (Å²) in [4.78, 5) is 0. The molecule has 0 bridgehead atoms. The Morgan fingerprint density at radius 3 is 2.44 bits per heavy atom. The SMILES string of the molecule is CCOc1c(I)cc(C#N)cc1C(C)(C)C. The van der Waals surface area contributed by atoms with Crippen molar-refractivity contribution in [1.82, 2.24) is 0 Å². The van der Waals surface area contributed by atoms with Crippen molar-refractivity contribution < 1.29 is 4.74 Å². The average Bonchev–Trinajstić information content (AvgIpc) is 2.19. The van der Waals surface area contributed by atoms with Gasteiger partial charge in [0.05, 0.1) is 21.8 Å². The first-order chi connectivity index (χ1) is 7.40. The van der Waals surface area contributed by atoms with E-state index >= 15 is 0 Å². The molecule has 0 fully saturated rings. The summed E-state index contributed by atoms with van der Waals surface area (Å²) in [6.45, 7) is 9.00. The van der Waals surface area contributed by atoms with E-state index in [2.05, 4.69) is 49.4 Å². The predicted octanol–water partition coefficient (Wildman–Crippen LogP) is 3.86. The molecule has 16 heavy (non-hydrogen) atoms. The van der Waals surface area contributed by atoms with Crippen LogP contribution in [-0.2, 0) is 5.41 Å². The van der Waals surface area contributed by atoms with Crippen LogP contribution in [0.15, 0.2) is 12.1 Å². The third-order valence-electron chi connectivity index (χ3n) is 2.27. The summed E-state index contributed by atoms with van der Waals surface area (Å²) in [7, 11) is 0. The van der Waals surface area contributed by atoms with Crippen LogP contribution in [-0.4, -0.2) is 6.61 Å². The van der Waals surface area contributed by atoms with Gasteiger partial charge >= 0.3 is 0 Å². The van der Waals surface area contributed by atoms with Crippen LogP contribution in [0.1, 0.15) is 38.8 Å². The highest BCUT2D eigenvalue weighted by Gasteiger charge is 2.21. The number of ether oxygens (including phenoxy) is 1. The van der Waals surface area contributed by atoms with Crippen molar-refractivity contribution in [3.8, 4) is 11.8 Å². The number of nitriles is 1. The van der Waals surface area contributed by atoms with Gasteiger partial charge in [-0.1, -0.05) is 20.8 Å². The van der Waals surface area contributed by atoms with Crippen LogP contribution in [0.5, 0.6) is 5.75 Å². The second-order valence-electron chi connectivity index (χ2n) is 4.63. The molecular weight excluding hydrogens is 313 g/mol. The standard InChI is InChI=1S/C13H16INO/c1-5-16-12-10(13(2,3)4)6-9(8-15)7-11(12)14/h6-7H,5H2,1-4H3. The van der Waals surface area contributed by atoms with Crippen LogP contribution in [0.25, 0.3) is 0 Å². The lowest BCUT2D eigenvalue weighted by atomic mass is 9.85. The number of benzene rings is 1. The summed E-state index contributed by atoms with van der Waals surface area (Å²) in [5.41, 5.74) is 1.77. The largest absolute Gasteiger partial charge is 0.492 e. The molecule has 0 N–H and O–H groups in total. The van der Waals surface area contributed by atoms with Crippen molar-refractivity contribution in [3.05, 3.63) is 26.8 Å². The van der Waals surface area contributed by atoms with E-state index in [4.69, 9.17) is 10.00 Å². The van der Waals surface area contributed by atoms with E-state index in [0.29, 0.717) is 12.2 Å². The summed E-state index contributed by atoms with van der Waals surface area (Å²) >= 11 is 2.22. The van der Waals surface area contributed by atoms with Gasteiger partial charge in [0.25, 0.3) is 0 Å². The normalized spacial score (nSPS) is 11.0. The molecule has 0 spiro atoms. The smallest absolute Gasteiger partial charge is 0.136 e. The van der Waals surface area contributed by atoms with E-state index in [-0.39, 0.29) is 5.41 Å². The molecule has 2 nitrogen and oxygen atoms in total. The highest BCUT2D eigenvalue weighted by molar-refractivity contribution is 14.1. The first-order valence-electron chi connectivity index (χ1n) is 5.27. The quantitative estimate of drug-likeness (QED) is 0.772. The van der Waals surface area contributed by atoms with Crippen molar-refractivity contribution >= 4 is 22.6 Å². The minimum absolute atomic E-state index is 0.0166. The Labute approximate surface area is 111 Å². The molecule has 0 aliphatic carbocycles. The summed E-state index contributed by atoms with van der Waals surface area (Å²) in [5.74, 6) is 0.912. The van der Waals surface area contributed by atoms with E-state index < -0.39 is 0 Å². The van der Waals surface area contributed by atoms with Crippen molar-refractivity contribution in [2.75, 3.05) is 6.61 Å². The van der Waals surface area contributed by atoms with E-state index in [0.717, 1.165) is 14.9 Å². The van der Waals surface area contributed by atoms with Gasteiger partial charge in [-0.2, -0.15) is 5.26 Å². The van der Waals surface area contributed by atoms with Crippen LogP contribution in [0.3, 0.4) is 0 Å². The van der Waals surface area contributed by atoms with Crippen LogP contribution in [0, 0.1) is 14.9 Å². The zero-order valence-corrected chi connectivity index (χ0v) is 12.3. The lowest BCUT2D eigenvalue weighted by molar-refractivity contribution is 0.327. The van der Waals surface area contributed by atoms with Gasteiger partial charge in [-0.15, -0.1) is 0 Å². The highest BCUT2D eigenvalue weighted by Crippen LogP contribution is 2.35. The molecule has 0 atom stereocenters. The van der Waals surface area contributed by atoms with Crippen LogP contribution >= 0.6 is 22.6 Å². The molecule has 0 saturated carbocycles. The molecule has 0 aromatic heterocycles. The summed E-state index contributed by atoms with van der Waals surface area (Å²) in [5, 5.41) is 8.98. The fourth-order valence-electron chi connectivity index (χ4n) is 1.51. The van der Waals surface area contributed by atoms with E-state index in [1.165, 1.54) is 0 Å². The Bertz CT molecular complexity index is 427. The van der Waals surface area contributed by atoms with Crippen LogP contribution in [0.2, 0.25) is 0 Å². The topological polar surface area (TPSA) is 33.0 Å². The Morgan fingerprint density at radius 2 is 2.00 bits per heavy atom. The second-order valence-corrected chi connectivity index (χ2v) is 5.79. The Morgan fingerprint density at radius 1 is 1.38 bits per heavy atom. The van der Waals surface area contributed by atoms with Gasteiger partial charge in [0.2, 0.25) is 0 Å². The Hall–Kier alpha value is -0.760. The van der Waals surface area contributed by atoms with Crippen LogP contribution < -0.4 is 4.74 Å².